The maximum absolute atomic E-state index is 12.9. The highest BCUT2D eigenvalue weighted by atomic mass is 16.5. The molecule has 2 heterocycles. The molecule has 2 saturated heterocycles. The van der Waals surface area contributed by atoms with E-state index in [1.165, 1.54) is 19.3 Å². The van der Waals surface area contributed by atoms with Gasteiger partial charge in [0.2, 0.25) is 11.8 Å². The number of hydrogen-bond acceptors (Lipinski definition) is 3. The number of carbonyl (C=O) groups is 2. The topological polar surface area (TPSA) is 58.6 Å². The third-order valence-corrected chi connectivity index (χ3v) is 8.04. The average molecular weight is 425 g/mol. The van der Waals surface area contributed by atoms with Gasteiger partial charge in [-0.2, -0.15) is 0 Å². The third kappa shape index (κ3) is 4.67. The number of rotatable bonds is 4. The molecule has 5 nitrogen and oxygen atoms in total. The van der Waals surface area contributed by atoms with Crippen molar-refractivity contribution in [1.29, 1.82) is 0 Å². The third-order valence-electron chi connectivity index (χ3n) is 8.04. The molecule has 3 atom stereocenters. The Morgan fingerprint density at radius 1 is 0.935 bits per heavy atom. The van der Waals surface area contributed by atoms with Crippen LogP contribution in [0.4, 0.5) is 5.69 Å². The van der Waals surface area contributed by atoms with Crippen LogP contribution < -0.4 is 5.32 Å². The fourth-order valence-corrected chi connectivity index (χ4v) is 6.23. The van der Waals surface area contributed by atoms with Gasteiger partial charge in [0.15, 0.2) is 0 Å². The molecule has 4 fully saturated rings. The molecule has 0 radical (unpaired) electrons. The Bertz CT molecular complexity index is 798. The summed E-state index contributed by atoms with van der Waals surface area (Å²) < 4.78 is 6.43. The van der Waals surface area contributed by atoms with Gasteiger partial charge < -0.3 is 15.0 Å². The Hall–Kier alpha value is -1.88. The molecule has 1 N–H and O–H groups in total. The number of hydrogen-bond donors (Lipinski definition) is 1. The number of nitrogens with one attached hydrogen (secondary N) is 1. The largest absolute Gasteiger partial charge is 0.370 e. The van der Waals surface area contributed by atoms with Crippen LogP contribution in [0.2, 0.25) is 0 Å². The van der Waals surface area contributed by atoms with Gasteiger partial charge in [0.25, 0.3) is 0 Å². The van der Waals surface area contributed by atoms with E-state index >= 15 is 0 Å². The lowest BCUT2D eigenvalue weighted by Gasteiger charge is -2.35. The zero-order valence-corrected chi connectivity index (χ0v) is 18.6. The predicted octanol–water partition coefficient (Wildman–Crippen LogP) is 5.07. The van der Waals surface area contributed by atoms with Crippen LogP contribution >= 0.6 is 0 Å². The van der Waals surface area contributed by atoms with E-state index < -0.39 is 0 Å². The van der Waals surface area contributed by atoms with E-state index in [2.05, 4.69) is 22.3 Å². The first-order valence-electron chi connectivity index (χ1n) is 12.5. The Balaban J connectivity index is 1.19. The minimum atomic E-state index is 0.0584. The second-order valence-corrected chi connectivity index (χ2v) is 10.2. The molecule has 0 bridgehead atoms. The molecule has 4 aliphatic rings. The van der Waals surface area contributed by atoms with Gasteiger partial charge in [-0.05, 0) is 56.2 Å². The summed E-state index contributed by atoms with van der Waals surface area (Å²) in [5.41, 5.74) is 2.02. The number of benzene rings is 1. The van der Waals surface area contributed by atoms with Crippen molar-refractivity contribution < 1.29 is 14.3 Å². The van der Waals surface area contributed by atoms with E-state index in [-0.39, 0.29) is 30.0 Å². The Morgan fingerprint density at radius 3 is 2.48 bits per heavy atom. The first-order chi connectivity index (χ1) is 15.2. The highest BCUT2D eigenvalue weighted by Crippen LogP contribution is 2.42. The van der Waals surface area contributed by atoms with Crippen molar-refractivity contribution in [3.05, 3.63) is 29.8 Å². The van der Waals surface area contributed by atoms with Crippen LogP contribution in [-0.4, -0.2) is 35.9 Å². The molecule has 168 valence electrons. The van der Waals surface area contributed by atoms with Crippen molar-refractivity contribution in [1.82, 2.24) is 4.90 Å². The van der Waals surface area contributed by atoms with Crippen molar-refractivity contribution in [2.75, 3.05) is 18.4 Å². The van der Waals surface area contributed by atoms with E-state index in [9.17, 15) is 9.59 Å². The number of carbonyl (C=O) groups excluding carboxylic acids is 2. The molecule has 2 saturated carbocycles. The van der Waals surface area contributed by atoms with Crippen molar-refractivity contribution in [2.24, 2.45) is 17.8 Å². The molecule has 1 aromatic rings. The number of nitrogens with zero attached hydrogens (tertiary/aromatic N) is 1. The Labute approximate surface area is 185 Å². The summed E-state index contributed by atoms with van der Waals surface area (Å²) >= 11 is 0. The molecule has 2 aliphatic carbocycles. The van der Waals surface area contributed by atoms with Gasteiger partial charge in [-0.3, -0.25) is 9.59 Å². The molecule has 0 aromatic heterocycles. The molecular weight excluding hydrogens is 388 g/mol. The average Bonchev–Trinajstić information content (AvgIpc) is 3.49. The second-order valence-electron chi connectivity index (χ2n) is 10.2. The fraction of sp³-hybridized carbons (Fsp3) is 0.692. The SMILES string of the molecule is O=C(Nc1cccc([C@H]2C[C@@H]3CN(C(=O)C4CCCC4)CC[C@@H]3O2)c1)C1CCCCC1. The van der Waals surface area contributed by atoms with E-state index in [0.717, 1.165) is 75.7 Å². The number of likely N-dealkylation sites (tertiary alicyclic amines) is 1. The smallest absolute Gasteiger partial charge is 0.227 e. The summed E-state index contributed by atoms with van der Waals surface area (Å²) in [6.45, 7) is 1.68. The minimum Gasteiger partial charge on any atom is -0.370 e. The molecule has 2 aliphatic heterocycles. The molecular formula is C26H36N2O3. The maximum atomic E-state index is 12.9. The monoisotopic (exact) mass is 424 g/mol. The van der Waals surface area contributed by atoms with Crippen molar-refractivity contribution >= 4 is 17.5 Å². The van der Waals surface area contributed by atoms with Gasteiger partial charge in [-0.1, -0.05) is 44.2 Å². The second kappa shape index (κ2) is 9.32. The van der Waals surface area contributed by atoms with Crippen LogP contribution in [0.15, 0.2) is 24.3 Å². The number of anilines is 1. The molecule has 5 rings (SSSR count). The summed E-state index contributed by atoms with van der Waals surface area (Å²) in [7, 11) is 0. The van der Waals surface area contributed by atoms with Crippen molar-refractivity contribution in [2.45, 2.75) is 82.8 Å². The van der Waals surface area contributed by atoms with Gasteiger partial charge in [0.1, 0.15) is 0 Å². The number of fused-ring (bicyclic) bond motifs is 1. The zero-order chi connectivity index (χ0) is 21.2. The van der Waals surface area contributed by atoms with Crippen LogP contribution in [0.5, 0.6) is 0 Å². The molecule has 1 aromatic carbocycles. The van der Waals surface area contributed by atoms with Gasteiger partial charge >= 0.3 is 0 Å². The zero-order valence-electron chi connectivity index (χ0n) is 18.6. The van der Waals surface area contributed by atoms with E-state index in [0.29, 0.717) is 11.8 Å². The molecule has 5 heteroatoms. The van der Waals surface area contributed by atoms with Gasteiger partial charge in [0, 0.05) is 36.5 Å². The lowest BCUT2D eigenvalue weighted by atomic mass is 9.88. The van der Waals surface area contributed by atoms with E-state index in [1.807, 2.05) is 12.1 Å². The lowest BCUT2D eigenvalue weighted by Crippen LogP contribution is -2.46. The molecule has 0 spiro atoms. The standard InChI is InChI=1S/C26H36N2O3/c29-25(18-7-2-1-3-8-18)27-22-12-6-11-20(15-22)24-16-21-17-28(14-13-23(21)31-24)26(30)19-9-4-5-10-19/h6,11-12,15,18-19,21,23-24H,1-5,7-10,13-14,16-17H2,(H,27,29)/t21-,23+,24-/m1/s1. The lowest BCUT2D eigenvalue weighted by molar-refractivity contribution is -0.138. The van der Waals surface area contributed by atoms with Crippen LogP contribution in [0.25, 0.3) is 0 Å². The predicted molar refractivity (Wildman–Crippen MR) is 121 cm³/mol. The van der Waals surface area contributed by atoms with Gasteiger partial charge in [-0.25, -0.2) is 0 Å². The van der Waals surface area contributed by atoms with Crippen LogP contribution in [0.3, 0.4) is 0 Å². The summed E-state index contributed by atoms with van der Waals surface area (Å²) in [5.74, 6) is 1.39. The number of piperidine rings is 1. The van der Waals surface area contributed by atoms with Crippen LogP contribution in [0, 0.1) is 17.8 Å². The first kappa shape index (κ1) is 21.0. The summed E-state index contributed by atoms with van der Waals surface area (Å²) in [5, 5.41) is 3.14. The van der Waals surface area contributed by atoms with E-state index in [1.54, 1.807) is 0 Å². The van der Waals surface area contributed by atoms with E-state index in [4.69, 9.17) is 4.74 Å². The van der Waals surface area contributed by atoms with Crippen molar-refractivity contribution in [3.8, 4) is 0 Å². The maximum Gasteiger partial charge on any atom is 0.227 e. The number of ether oxygens (including phenoxy) is 1. The quantitative estimate of drug-likeness (QED) is 0.734. The Kier molecular flexibility index (Phi) is 6.31. The van der Waals surface area contributed by atoms with Crippen LogP contribution in [0.1, 0.15) is 82.3 Å². The summed E-state index contributed by atoms with van der Waals surface area (Å²) in [4.78, 5) is 27.6. The summed E-state index contributed by atoms with van der Waals surface area (Å²) in [6, 6.07) is 8.20. The highest BCUT2D eigenvalue weighted by Gasteiger charge is 2.41. The van der Waals surface area contributed by atoms with Gasteiger partial charge in [0.05, 0.1) is 12.2 Å². The number of amides is 2. The fourth-order valence-electron chi connectivity index (χ4n) is 6.23. The molecule has 0 unspecified atom stereocenters. The highest BCUT2D eigenvalue weighted by molar-refractivity contribution is 5.92. The van der Waals surface area contributed by atoms with Crippen LogP contribution in [-0.2, 0) is 14.3 Å². The molecule has 31 heavy (non-hydrogen) atoms. The normalized spacial score (nSPS) is 29.7. The minimum absolute atomic E-state index is 0.0584. The van der Waals surface area contributed by atoms with Crippen molar-refractivity contribution in [3.63, 3.8) is 0 Å². The molecule has 2 amide bonds. The first-order valence-corrected chi connectivity index (χ1v) is 12.5. The Morgan fingerprint density at radius 2 is 1.68 bits per heavy atom. The summed E-state index contributed by atoms with van der Waals surface area (Å²) in [6.07, 6.45) is 12.4. The van der Waals surface area contributed by atoms with Gasteiger partial charge in [-0.15, -0.1) is 0 Å².